The Hall–Kier alpha value is -3.43. The van der Waals surface area contributed by atoms with Gasteiger partial charge in [-0.3, -0.25) is 19.3 Å². The molecule has 13 nitrogen and oxygen atoms in total. The smallest absolute Gasteiger partial charge is 0.352 e. The highest BCUT2D eigenvalue weighted by Crippen LogP contribution is 2.41. The van der Waals surface area contributed by atoms with Crippen molar-refractivity contribution in [2.45, 2.75) is 36.7 Å². The van der Waals surface area contributed by atoms with Crippen molar-refractivity contribution in [1.82, 2.24) is 25.4 Å². The van der Waals surface area contributed by atoms with Crippen LogP contribution in [0.4, 0.5) is 5.13 Å². The van der Waals surface area contributed by atoms with E-state index in [4.69, 9.17) is 5.73 Å². The van der Waals surface area contributed by atoms with Gasteiger partial charge in [-0.1, -0.05) is 5.16 Å². The van der Waals surface area contributed by atoms with Crippen LogP contribution < -0.4 is 16.4 Å². The number of aliphatic carboxylic acids is 1. The van der Waals surface area contributed by atoms with Crippen LogP contribution in [-0.2, 0) is 19.2 Å². The molecule has 5 rings (SSSR count). The summed E-state index contributed by atoms with van der Waals surface area (Å²) in [6.45, 7) is 2.31. The van der Waals surface area contributed by atoms with E-state index in [9.17, 15) is 29.5 Å². The summed E-state index contributed by atoms with van der Waals surface area (Å²) in [5.41, 5.74) is 5.96. The van der Waals surface area contributed by atoms with Crippen LogP contribution in [0.15, 0.2) is 33.5 Å². The van der Waals surface area contributed by atoms with Gasteiger partial charge in [0.1, 0.15) is 22.8 Å². The fraction of sp³-hybridized carbons (Fsp3) is 0.455. The number of carbonyl (C=O) groups is 4. The summed E-state index contributed by atoms with van der Waals surface area (Å²) in [7, 11) is 0. The minimum Gasteiger partial charge on any atom is -0.477 e. The minimum absolute atomic E-state index is 0.0576. The lowest BCUT2D eigenvalue weighted by Gasteiger charge is -2.49. The number of β-lactam (4-membered cyclic amide) rings is 1. The van der Waals surface area contributed by atoms with Crippen LogP contribution in [0.3, 0.4) is 0 Å². The summed E-state index contributed by atoms with van der Waals surface area (Å²) < 4.78 is 0. The maximum Gasteiger partial charge on any atom is 0.352 e. The van der Waals surface area contributed by atoms with Gasteiger partial charge in [-0.2, -0.15) is 0 Å². The van der Waals surface area contributed by atoms with E-state index in [0.29, 0.717) is 24.1 Å². The summed E-state index contributed by atoms with van der Waals surface area (Å²) in [4.78, 5) is 57.8. The van der Waals surface area contributed by atoms with Crippen LogP contribution in [0, 0.1) is 0 Å². The van der Waals surface area contributed by atoms with Crippen LogP contribution in [-0.4, -0.2) is 97.3 Å². The number of carboxylic acid groups (broad SMARTS) is 1. The molecule has 0 saturated carbocycles. The number of aromatic nitrogens is 1. The van der Waals surface area contributed by atoms with Crippen molar-refractivity contribution in [2.24, 2.45) is 5.16 Å². The highest BCUT2D eigenvalue weighted by Gasteiger charge is 2.54. The molecule has 0 aliphatic carbocycles. The van der Waals surface area contributed by atoms with Gasteiger partial charge in [0.15, 0.2) is 10.8 Å². The third-order valence-corrected chi connectivity index (χ3v) is 8.80. The van der Waals surface area contributed by atoms with Gasteiger partial charge in [0.2, 0.25) is 5.91 Å². The lowest BCUT2D eigenvalue weighted by molar-refractivity contribution is -0.150. The van der Waals surface area contributed by atoms with Gasteiger partial charge in [-0.15, -0.1) is 23.1 Å². The van der Waals surface area contributed by atoms with Crippen LogP contribution in [0.1, 0.15) is 25.0 Å². The topological polar surface area (TPSA) is 191 Å². The maximum atomic E-state index is 13.1. The van der Waals surface area contributed by atoms with Crippen LogP contribution in [0.25, 0.3) is 0 Å². The van der Waals surface area contributed by atoms with Gasteiger partial charge in [-0.25, -0.2) is 9.78 Å². The molecule has 1 aromatic rings. The standard InChI is InChI=1S/C22H25N7O6S2/c23-22-25-13(9-37-22)14(27-35)17(30)26-15-19(32)29-16(21(33)34)11(8-36-20(15)29)7-10-3-6-28(18(10)31)12-1-4-24-5-2-12/h7,9,12,15,20,24,35H,1-6,8H2,(H2,23,25)(H,26,30)(H,33,34)/b10-7?,27-14-/t15-,20-/m1/s1. The lowest BCUT2D eigenvalue weighted by Crippen LogP contribution is -2.71. The molecule has 0 unspecified atom stereocenters. The quantitative estimate of drug-likeness (QED) is 0.103. The first-order chi connectivity index (χ1) is 17.8. The number of piperidine rings is 1. The van der Waals surface area contributed by atoms with Crippen molar-refractivity contribution in [3.63, 3.8) is 0 Å². The van der Waals surface area contributed by atoms with Gasteiger partial charge in [0, 0.05) is 29.3 Å². The Morgan fingerprint density at radius 2 is 2.05 bits per heavy atom. The third-order valence-electron chi connectivity index (χ3n) is 6.82. The number of rotatable bonds is 6. The summed E-state index contributed by atoms with van der Waals surface area (Å²) in [5.74, 6) is -2.57. The SMILES string of the molecule is Nc1nc(/C(=N/O)C(=O)N[C@@H]2C(=O)N3C(C(=O)O)=C(C=C4CCN(C5CCNCC5)C4=O)CS[C@H]23)cs1. The number of nitrogens with zero attached hydrogens (tertiary/aromatic N) is 4. The molecule has 15 heteroatoms. The van der Waals surface area contributed by atoms with Gasteiger partial charge in [-0.05, 0) is 44.0 Å². The van der Waals surface area contributed by atoms with E-state index in [1.54, 1.807) is 6.08 Å². The molecular weight excluding hydrogens is 522 g/mol. The zero-order valence-corrected chi connectivity index (χ0v) is 21.2. The average Bonchev–Trinajstić information content (AvgIpc) is 3.48. The first kappa shape index (κ1) is 25.2. The molecule has 5 heterocycles. The van der Waals surface area contributed by atoms with Crippen molar-refractivity contribution < 1.29 is 29.5 Å². The third kappa shape index (κ3) is 4.57. The summed E-state index contributed by atoms with van der Waals surface area (Å²) in [6.07, 6.45) is 3.89. The van der Waals surface area contributed by atoms with Crippen molar-refractivity contribution in [3.8, 4) is 0 Å². The van der Waals surface area contributed by atoms with Crippen molar-refractivity contribution >= 4 is 57.6 Å². The highest BCUT2D eigenvalue weighted by atomic mass is 32.2. The monoisotopic (exact) mass is 547 g/mol. The van der Waals surface area contributed by atoms with Crippen LogP contribution in [0.5, 0.6) is 0 Å². The molecule has 0 aromatic carbocycles. The molecule has 3 saturated heterocycles. The minimum atomic E-state index is -1.29. The average molecular weight is 548 g/mol. The predicted molar refractivity (Wildman–Crippen MR) is 135 cm³/mol. The van der Waals surface area contributed by atoms with E-state index in [2.05, 4.69) is 20.8 Å². The maximum absolute atomic E-state index is 13.1. The number of hydrogen-bond donors (Lipinski definition) is 5. The van der Waals surface area contributed by atoms with Crippen molar-refractivity contribution in [2.75, 3.05) is 31.1 Å². The van der Waals surface area contributed by atoms with Gasteiger partial charge >= 0.3 is 5.97 Å². The zero-order chi connectivity index (χ0) is 26.3. The molecule has 37 heavy (non-hydrogen) atoms. The van der Waals surface area contributed by atoms with E-state index in [1.165, 1.54) is 17.1 Å². The highest BCUT2D eigenvalue weighted by molar-refractivity contribution is 8.00. The number of nitrogens with one attached hydrogen (secondary N) is 2. The largest absolute Gasteiger partial charge is 0.477 e. The number of allylic oxidation sites excluding steroid dienone is 1. The number of carbonyl (C=O) groups excluding carboxylic acids is 3. The number of anilines is 1. The number of likely N-dealkylation sites (tertiary alicyclic amines) is 1. The lowest BCUT2D eigenvalue weighted by atomic mass is 10.0. The molecule has 0 bridgehead atoms. The number of nitrogen functional groups attached to an aromatic ring is 1. The van der Waals surface area contributed by atoms with E-state index in [0.717, 1.165) is 42.2 Å². The molecule has 2 atom stereocenters. The molecule has 0 spiro atoms. The molecule has 0 radical (unpaired) electrons. The molecule has 6 N–H and O–H groups in total. The van der Waals surface area contributed by atoms with E-state index >= 15 is 0 Å². The molecule has 196 valence electrons. The summed E-state index contributed by atoms with van der Waals surface area (Å²) in [5, 5.41) is 29.0. The Labute approximate surface area is 219 Å². The first-order valence-electron chi connectivity index (χ1n) is 11.7. The zero-order valence-electron chi connectivity index (χ0n) is 19.5. The Balaban J connectivity index is 1.32. The molecule has 3 fully saturated rings. The number of thiazole rings is 1. The summed E-state index contributed by atoms with van der Waals surface area (Å²) in [6, 6.07) is -0.843. The van der Waals surface area contributed by atoms with E-state index in [1.807, 2.05) is 4.90 Å². The van der Waals surface area contributed by atoms with Gasteiger partial charge in [0.05, 0.1) is 0 Å². The van der Waals surface area contributed by atoms with Gasteiger partial charge < -0.3 is 31.6 Å². The van der Waals surface area contributed by atoms with Crippen molar-refractivity contribution in [1.29, 1.82) is 0 Å². The molecule has 1 aromatic heterocycles. The summed E-state index contributed by atoms with van der Waals surface area (Å²) >= 11 is 2.34. The molecule has 4 aliphatic rings. The predicted octanol–water partition coefficient (Wildman–Crippen LogP) is -0.447. The Morgan fingerprint density at radius 3 is 2.70 bits per heavy atom. The fourth-order valence-electron chi connectivity index (χ4n) is 5.02. The Morgan fingerprint density at radius 1 is 1.30 bits per heavy atom. The number of hydrogen-bond acceptors (Lipinski definition) is 11. The molecule has 3 amide bonds. The Kier molecular flexibility index (Phi) is 6.92. The second-order valence-electron chi connectivity index (χ2n) is 8.96. The Bertz CT molecular complexity index is 1250. The second kappa shape index (κ2) is 10.1. The van der Waals surface area contributed by atoms with Crippen molar-refractivity contribution in [3.05, 3.63) is 34.0 Å². The number of nitrogens with two attached hydrogens (primary N) is 1. The van der Waals surface area contributed by atoms with E-state index in [-0.39, 0.29) is 34.2 Å². The molecular formula is C22H25N7O6S2. The number of thioether (sulfide) groups is 1. The number of oxime groups is 1. The first-order valence-corrected chi connectivity index (χ1v) is 13.6. The second-order valence-corrected chi connectivity index (χ2v) is 11.0. The molecule has 4 aliphatic heterocycles. The fourth-order valence-corrected chi connectivity index (χ4v) is 6.87. The number of amides is 3. The number of carboxylic acids is 1. The van der Waals surface area contributed by atoms with Crippen LogP contribution in [0.2, 0.25) is 0 Å². The normalized spacial score (nSPS) is 25.9. The van der Waals surface area contributed by atoms with E-state index < -0.39 is 34.9 Å². The van der Waals surface area contributed by atoms with Gasteiger partial charge in [0.25, 0.3) is 11.8 Å². The number of fused-ring (bicyclic) bond motifs is 1. The van der Waals surface area contributed by atoms with Crippen LogP contribution >= 0.6 is 23.1 Å².